The lowest BCUT2D eigenvalue weighted by Crippen LogP contribution is -2.20. The lowest BCUT2D eigenvalue weighted by atomic mass is 10.2. The van der Waals surface area contributed by atoms with Crippen molar-refractivity contribution in [2.24, 2.45) is 0 Å². The Kier molecular flexibility index (Phi) is 4.69. The maximum Gasteiger partial charge on any atom is 0.387 e. The number of anilines is 1. The molecule has 0 fully saturated rings. The van der Waals surface area contributed by atoms with E-state index >= 15 is 0 Å². The third kappa shape index (κ3) is 4.56. The quantitative estimate of drug-likeness (QED) is 0.784. The van der Waals surface area contributed by atoms with Crippen LogP contribution in [0.1, 0.15) is 5.56 Å². The molecular formula is C14H14F2N2O. The van der Waals surface area contributed by atoms with Gasteiger partial charge in [-0.2, -0.15) is 8.78 Å². The van der Waals surface area contributed by atoms with Crippen molar-refractivity contribution in [2.75, 3.05) is 5.43 Å². The van der Waals surface area contributed by atoms with Gasteiger partial charge >= 0.3 is 6.61 Å². The topological polar surface area (TPSA) is 33.3 Å². The fourth-order valence-electron chi connectivity index (χ4n) is 1.60. The Hall–Kier alpha value is -2.14. The largest absolute Gasteiger partial charge is 0.435 e. The second-order valence-corrected chi connectivity index (χ2v) is 3.87. The van der Waals surface area contributed by atoms with Gasteiger partial charge in [0.2, 0.25) is 0 Å². The Morgan fingerprint density at radius 3 is 2.53 bits per heavy atom. The van der Waals surface area contributed by atoms with Gasteiger partial charge in [-0.3, -0.25) is 0 Å². The molecule has 2 rings (SSSR count). The van der Waals surface area contributed by atoms with Crippen LogP contribution in [0, 0.1) is 0 Å². The van der Waals surface area contributed by atoms with Crippen LogP contribution >= 0.6 is 0 Å². The summed E-state index contributed by atoms with van der Waals surface area (Å²) in [4.78, 5) is 0. The number of rotatable bonds is 6. The molecule has 0 saturated heterocycles. The maximum absolute atomic E-state index is 12.1. The fourth-order valence-corrected chi connectivity index (χ4v) is 1.60. The SMILES string of the molecule is FC(F)Oc1cccc(CNNc2ccccc2)c1. The highest BCUT2D eigenvalue weighted by Gasteiger charge is 2.04. The Balaban J connectivity index is 1.86. The Morgan fingerprint density at radius 1 is 1.00 bits per heavy atom. The molecule has 0 aromatic heterocycles. The van der Waals surface area contributed by atoms with Gasteiger partial charge < -0.3 is 10.2 Å². The third-order valence-electron chi connectivity index (χ3n) is 2.42. The number of alkyl halides is 2. The highest BCUT2D eigenvalue weighted by Crippen LogP contribution is 2.15. The second-order valence-electron chi connectivity index (χ2n) is 3.87. The molecule has 2 aromatic carbocycles. The molecule has 100 valence electrons. The van der Waals surface area contributed by atoms with E-state index in [1.165, 1.54) is 6.07 Å². The number of nitrogens with one attached hydrogen (secondary N) is 2. The minimum Gasteiger partial charge on any atom is -0.435 e. The van der Waals surface area contributed by atoms with E-state index in [4.69, 9.17) is 0 Å². The van der Waals surface area contributed by atoms with Gasteiger partial charge in [-0.05, 0) is 29.8 Å². The molecule has 3 nitrogen and oxygen atoms in total. The van der Waals surface area contributed by atoms with Crippen molar-refractivity contribution in [3.8, 4) is 5.75 Å². The van der Waals surface area contributed by atoms with Crippen LogP contribution in [0.5, 0.6) is 5.75 Å². The molecule has 0 unspecified atom stereocenters. The van der Waals surface area contributed by atoms with Crippen molar-refractivity contribution < 1.29 is 13.5 Å². The first-order valence-electron chi connectivity index (χ1n) is 5.82. The minimum absolute atomic E-state index is 0.161. The lowest BCUT2D eigenvalue weighted by molar-refractivity contribution is -0.0498. The first-order chi connectivity index (χ1) is 9.24. The molecule has 0 heterocycles. The highest BCUT2D eigenvalue weighted by molar-refractivity contribution is 5.41. The average molecular weight is 264 g/mol. The van der Waals surface area contributed by atoms with E-state index in [2.05, 4.69) is 15.6 Å². The average Bonchev–Trinajstić information content (AvgIpc) is 2.40. The van der Waals surface area contributed by atoms with Gasteiger partial charge in [0.05, 0.1) is 0 Å². The van der Waals surface area contributed by atoms with Gasteiger partial charge in [-0.1, -0.05) is 30.3 Å². The summed E-state index contributed by atoms with van der Waals surface area (Å²) < 4.78 is 28.5. The summed E-state index contributed by atoms with van der Waals surface area (Å²) in [6.07, 6.45) is 0. The highest BCUT2D eigenvalue weighted by atomic mass is 19.3. The van der Waals surface area contributed by atoms with Gasteiger partial charge in [0, 0.05) is 12.2 Å². The van der Waals surface area contributed by atoms with Crippen molar-refractivity contribution >= 4 is 5.69 Å². The zero-order valence-corrected chi connectivity index (χ0v) is 10.1. The molecular weight excluding hydrogens is 250 g/mol. The number of hydrazine groups is 1. The molecule has 2 aromatic rings. The monoisotopic (exact) mass is 264 g/mol. The van der Waals surface area contributed by atoms with Crippen LogP contribution in [0.3, 0.4) is 0 Å². The van der Waals surface area contributed by atoms with Gasteiger partial charge in [-0.15, -0.1) is 0 Å². The summed E-state index contributed by atoms with van der Waals surface area (Å²) in [5.74, 6) is 0.161. The number of ether oxygens (including phenoxy) is 1. The van der Waals surface area contributed by atoms with Crippen molar-refractivity contribution in [2.45, 2.75) is 13.2 Å². The first kappa shape index (κ1) is 13.3. The van der Waals surface area contributed by atoms with E-state index in [1.54, 1.807) is 12.1 Å². The van der Waals surface area contributed by atoms with Crippen LogP contribution in [0.25, 0.3) is 0 Å². The van der Waals surface area contributed by atoms with E-state index < -0.39 is 6.61 Å². The number of halogens is 2. The minimum atomic E-state index is -2.80. The Labute approximate surface area is 110 Å². The molecule has 0 saturated carbocycles. The molecule has 0 spiro atoms. The molecule has 0 atom stereocenters. The van der Waals surface area contributed by atoms with Crippen LogP contribution in [-0.2, 0) is 6.54 Å². The summed E-state index contributed by atoms with van der Waals surface area (Å²) >= 11 is 0. The molecule has 0 aliphatic heterocycles. The molecule has 0 bridgehead atoms. The van der Waals surface area contributed by atoms with Crippen LogP contribution in [-0.4, -0.2) is 6.61 Å². The van der Waals surface area contributed by atoms with Gasteiger partial charge in [0.25, 0.3) is 0 Å². The standard InChI is InChI=1S/C14H14F2N2O/c15-14(16)19-13-8-4-5-11(9-13)10-17-18-12-6-2-1-3-7-12/h1-9,14,17-18H,10H2. The van der Waals surface area contributed by atoms with E-state index in [0.29, 0.717) is 6.54 Å². The van der Waals surface area contributed by atoms with Crippen LogP contribution in [0.4, 0.5) is 14.5 Å². The Bertz CT molecular complexity index is 506. The number of hydrogen-bond donors (Lipinski definition) is 2. The van der Waals surface area contributed by atoms with E-state index in [1.807, 2.05) is 36.4 Å². The zero-order valence-electron chi connectivity index (χ0n) is 10.1. The normalized spacial score (nSPS) is 10.5. The third-order valence-corrected chi connectivity index (χ3v) is 2.42. The van der Waals surface area contributed by atoms with E-state index in [-0.39, 0.29) is 5.75 Å². The molecule has 19 heavy (non-hydrogen) atoms. The summed E-state index contributed by atoms with van der Waals surface area (Å²) in [6.45, 7) is -2.30. The van der Waals surface area contributed by atoms with E-state index in [0.717, 1.165) is 11.3 Å². The number of para-hydroxylation sites is 1. The maximum atomic E-state index is 12.1. The zero-order chi connectivity index (χ0) is 13.5. The fraction of sp³-hybridized carbons (Fsp3) is 0.143. The lowest BCUT2D eigenvalue weighted by Gasteiger charge is -2.10. The predicted molar refractivity (Wildman–Crippen MR) is 70.0 cm³/mol. The molecule has 0 radical (unpaired) electrons. The smallest absolute Gasteiger partial charge is 0.387 e. The van der Waals surface area contributed by atoms with Gasteiger partial charge in [0.1, 0.15) is 5.75 Å². The molecule has 0 amide bonds. The summed E-state index contributed by atoms with van der Waals surface area (Å²) in [6, 6.07) is 16.2. The van der Waals surface area contributed by atoms with Gasteiger partial charge in [-0.25, -0.2) is 5.43 Å². The van der Waals surface area contributed by atoms with Crippen molar-refractivity contribution in [3.05, 3.63) is 60.2 Å². The van der Waals surface area contributed by atoms with Crippen LogP contribution in [0.15, 0.2) is 54.6 Å². The summed E-state index contributed by atoms with van der Waals surface area (Å²) in [7, 11) is 0. The molecule has 0 aliphatic carbocycles. The van der Waals surface area contributed by atoms with Crippen molar-refractivity contribution in [1.82, 2.24) is 5.43 Å². The van der Waals surface area contributed by atoms with Crippen molar-refractivity contribution in [1.29, 1.82) is 0 Å². The van der Waals surface area contributed by atoms with Crippen LogP contribution < -0.4 is 15.6 Å². The summed E-state index contributed by atoms with van der Waals surface area (Å²) in [5, 5.41) is 0. The first-order valence-corrected chi connectivity index (χ1v) is 5.82. The van der Waals surface area contributed by atoms with Crippen LogP contribution in [0.2, 0.25) is 0 Å². The van der Waals surface area contributed by atoms with E-state index in [9.17, 15) is 8.78 Å². The van der Waals surface area contributed by atoms with Gasteiger partial charge in [0.15, 0.2) is 0 Å². The molecule has 2 N–H and O–H groups in total. The molecule has 0 aliphatic rings. The number of benzene rings is 2. The second kappa shape index (κ2) is 6.70. The summed E-state index contributed by atoms with van der Waals surface area (Å²) in [5.41, 5.74) is 7.80. The Morgan fingerprint density at radius 2 is 1.79 bits per heavy atom. The number of hydrogen-bond acceptors (Lipinski definition) is 3. The molecule has 5 heteroatoms. The predicted octanol–water partition coefficient (Wildman–Crippen LogP) is 3.40. The van der Waals surface area contributed by atoms with Crippen molar-refractivity contribution in [3.63, 3.8) is 0 Å².